The number of nitrogens with zero attached hydrogens (tertiary/aromatic N) is 1. The molecule has 0 spiro atoms. The monoisotopic (exact) mass is 233 g/mol. The van der Waals surface area contributed by atoms with Crippen molar-refractivity contribution in [3.8, 4) is 0 Å². The van der Waals surface area contributed by atoms with Crippen molar-refractivity contribution in [3.63, 3.8) is 0 Å². The maximum atomic E-state index is 5.89. The second-order valence-electron chi connectivity index (χ2n) is 5.23. The van der Waals surface area contributed by atoms with Gasteiger partial charge in [0.1, 0.15) is 0 Å². The van der Waals surface area contributed by atoms with E-state index in [1.807, 2.05) is 18.3 Å². The first-order chi connectivity index (χ1) is 8.25. The van der Waals surface area contributed by atoms with Crippen LogP contribution >= 0.6 is 0 Å². The fraction of sp³-hybridized carbons (Fsp3) is 0.643. The Kier molecular flexibility index (Phi) is 4.37. The molecule has 2 rings (SSSR count). The molecule has 0 amide bonds. The summed E-state index contributed by atoms with van der Waals surface area (Å²) in [6.45, 7) is 3.16. The fourth-order valence-corrected chi connectivity index (χ4v) is 2.53. The molecule has 1 heterocycles. The Labute approximate surface area is 104 Å². The highest BCUT2D eigenvalue weighted by Crippen LogP contribution is 2.22. The zero-order valence-electron chi connectivity index (χ0n) is 10.7. The van der Waals surface area contributed by atoms with Gasteiger partial charge in [0.05, 0.1) is 11.4 Å². The van der Waals surface area contributed by atoms with E-state index in [0.717, 1.165) is 23.8 Å². The minimum atomic E-state index is 0.640. The standard InChI is InChI=1S/C14H23N3/c1-11-4-2-5-12(8-7-11)17-10-14-13(15)6-3-9-16-14/h3,6,9,11-12,17H,2,4-5,7-8,10,15H2,1H3. The van der Waals surface area contributed by atoms with Gasteiger partial charge in [-0.15, -0.1) is 0 Å². The molecule has 0 saturated heterocycles. The number of nitrogens with one attached hydrogen (secondary N) is 1. The van der Waals surface area contributed by atoms with E-state index < -0.39 is 0 Å². The van der Waals surface area contributed by atoms with E-state index in [2.05, 4.69) is 17.2 Å². The highest BCUT2D eigenvalue weighted by Gasteiger charge is 2.15. The topological polar surface area (TPSA) is 50.9 Å². The van der Waals surface area contributed by atoms with E-state index in [-0.39, 0.29) is 0 Å². The van der Waals surface area contributed by atoms with Crippen molar-refractivity contribution < 1.29 is 0 Å². The Morgan fingerprint density at radius 1 is 1.35 bits per heavy atom. The third-order valence-electron chi connectivity index (χ3n) is 3.74. The van der Waals surface area contributed by atoms with Crippen LogP contribution < -0.4 is 11.1 Å². The summed E-state index contributed by atoms with van der Waals surface area (Å²) < 4.78 is 0. The van der Waals surface area contributed by atoms with Crippen molar-refractivity contribution in [1.29, 1.82) is 0 Å². The lowest BCUT2D eigenvalue weighted by Crippen LogP contribution is -2.28. The quantitative estimate of drug-likeness (QED) is 0.789. The number of hydrogen-bond donors (Lipinski definition) is 2. The molecule has 3 N–H and O–H groups in total. The van der Waals surface area contributed by atoms with Crippen molar-refractivity contribution in [2.45, 2.75) is 51.6 Å². The van der Waals surface area contributed by atoms with Crippen LogP contribution in [-0.2, 0) is 6.54 Å². The predicted molar refractivity (Wildman–Crippen MR) is 71.5 cm³/mol. The van der Waals surface area contributed by atoms with Crippen LogP contribution in [0.1, 0.15) is 44.7 Å². The van der Waals surface area contributed by atoms with Crippen molar-refractivity contribution >= 4 is 5.69 Å². The van der Waals surface area contributed by atoms with E-state index in [1.54, 1.807) is 0 Å². The second kappa shape index (κ2) is 6.01. The molecular weight excluding hydrogens is 210 g/mol. The average Bonchev–Trinajstić information content (AvgIpc) is 2.53. The average molecular weight is 233 g/mol. The van der Waals surface area contributed by atoms with Gasteiger partial charge >= 0.3 is 0 Å². The molecular formula is C14H23N3. The summed E-state index contributed by atoms with van der Waals surface area (Å²) in [5.74, 6) is 0.890. The van der Waals surface area contributed by atoms with Gasteiger partial charge in [-0.3, -0.25) is 4.98 Å². The van der Waals surface area contributed by atoms with Gasteiger partial charge in [0, 0.05) is 18.8 Å². The molecule has 2 unspecified atom stereocenters. The predicted octanol–water partition coefficient (Wildman–Crippen LogP) is 2.72. The smallest absolute Gasteiger partial charge is 0.0770 e. The van der Waals surface area contributed by atoms with Crippen molar-refractivity contribution in [1.82, 2.24) is 10.3 Å². The summed E-state index contributed by atoms with van der Waals surface area (Å²) in [6, 6.07) is 4.44. The Hall–Kier alpha value is -1.09. The number of nitrogens with two attached hydrogens (primary N) is 1. The van der Waals surface area contributed by atoms with Crippen LogP contribution in [0, 0.1) is 5.92 Å². The number of rotatable bonds is 3. The summed E-state index contributed by atoms with van der Waals surface area (Å²) >= 11 is 0. The number of nitrogen functional groups attached to an aromatic ring is 1. The first kappa shape index (κ1) is 12.4. The maximum absolute atomic E-state index is 5.89. The molecule has 0 aromatic carbocycles. The maximum Gasteiger partial charge on any atom is 0.0770 e. The van der Waals surface area contributed by atoms with Gasteiger partial charge in [0.25, 0.3) is 0 Å². The van der Waals surface area contributed by atoms with Gasteiger partial charge in [-0.1, -0.05) is 19.8 Å². The minimum absolute atomic E-state index is 0.640. The molecule has 3 heteroatoms. The summed E-state index contributed by atoms with van der Waals surface area (Å²) in [5, 5.41) is 3.60. The van der Waals surface area contributed by atoms with E-state index in [0.29, 0.717) is 6.04 Å². The van der Waals surface area contributed by atoms with Crippen LogP contribution in [0.3, 0.4) is 0 Å². The van der Waals surface area contributed by atoms with Crippen LogP contribution in [0.4, 0.5) is 5.69 Å². The lowest BCUT2D eigenvalue weighted by Gasteiger charge is -2.16. The first-order valence-corrected chi connectivity index (χ1v) is 6.68. The molecule has 1 aromatic heterocycles. The van der Waals surface area contributed by atoms with Gasteiger partial charge in [-0.2, -0.15) is 0 Å². The van der Waals surface area contributed by atoms with Crippen molar-refractivity contribution in [2.75, 3.05) is 5.73 Å². The highest BCUT2D eigenvalue weighted by atomic mass is 14.9. The third-order valence-corrected chi connectivity index (χ3v) is 3.74. The van der Waals surface area contributed by atoms with E-state index >= 15 is 0 Å². The summed E-state index contributed by atoms with van der Waals surface area (Å²) in [4.78, 5) is 4.31. The number of pyridine rings is 1. The van der Waals surface area contributed by atoms with E-state index in [4.69, 9.17) is 5.73 Å². The SMILES string of the molecule is CC1CCCC(NCc2ncccc2N)CC1. The number of hydrogen-bond acceptors (Lipinski definition) is 3. The minimum Gasteiger partial charge on any atom is -0.397 e. The molecule has 1 aromatic rings. The van der Waals surface area contributed by atoms with Crippen molar-refractivity contribution in [2.24, 2.45) is 5.92 Å². The largest absolute Gasteiger partial charge is 0.397 e. The lowest BCUT2D eigenvalue weighted by molar-refractivity contribution is 0.445. The van der Waals surface area contributed by atoms with Gasteiger partial charge in [0.2, 0.25) is 0 Å². The van der Waals surface area contributed by atoms with Crippen molar-refractivity contribution in [3.05, 3.63) is 24.0 Å². The Bertz CT molecular complexity index is 351. The van der Waals surface area contributed by atoms with Crippen LogP contribution in [0.5, 0.6) is 0 Å². The van der Waals surface area contributed by atoms with E-state index in [1.165, 1.54) is 32.1 Å². The molecule has 0 bridgehead atoms. The molecule has 3 nitrogen and oxygen atoms in total. The third kappa shape index (κ3) is 3.70. The number of anilines is 1. The fourth-order valence-electron chi connectivity index (χ4n) is 2.53. The van der Waals surface area contributed by atoms with Gasteiger partial charge < -0.3 is 11.1 Å². The highest BCUT2D eigenvalue weighted by molar-refractivity contribution is 5.41. The Morgan fingerprint density at radius 2 is 2.24 bits per heavy atom. The van der Waals surface area contributed by atoms with Gasteiger partial charge in [0.15, 0.2) is 0 Å². The Balaban J connectivity index is 1.83. The van der Waals surface area contributed by atoms with Crippen LogP contribution in [-0.4, -0.2) is 11.0 Å². The molecule has 0 aliphatic heterocycles. The normalized spacial score (nSPS) is 25.5. The summed E-state index contributed by atoms with van der Waals surface area (Å²) in [6.07, 6.45) is 8.45. The summed E-state index contributed by atoms with van der Waals surface area (Å²) in [7, 11) is 0. The molecule has 17 heavy (non-hydrogen) atoms. The van der Waals surface area contributed by atoms with Crippen LogP contribution in [0.15, 0.2) is 18.3 Å². The second-order valence-corrected chi connectivity index (χ2v) is 5.23. The lowest BCUT2D eigenvalue weighted by atomic mass is 10.0. The van der Waals surface area contributed by atoms with Gasteiger partial charge in [-0.25, -0.2) is 0 Å². The summed E-state index contributed by atoms with van der Waals surface area (Å²) in [5.41, 5.74) is 7.66. The number of aromatic nitrogens is 1. The zero-order chi connectivity index (χ0) is 12.1. The molecule has 0 radical (unpaired) electrons. The molecule has 2 atom stereocenters. The van der Waals surface area contributed by atoms with E-state index in [9.17, 15) is 0 Å². The first-order valence-electron chi connectivity index (χ1n) is 6.68. The Morgan fingerprint density at radius 3 is 3.06 bits per heavy atom. The van der Waals surface area contributed by atoms with Crippen LogP contribution in [0.25, 0.3) is 0 Å². The molecule has 1 saturated carbocycles. The molecule has 1 aliphatic rings. The molecule has 94 valence electrons. The molecule has 1 fully saturated rings. The van der Waals surface area contributed by atoms with Crippen LogP contribution in [0.2, 0.25) is 0 Å². The van der Waals surface area contributed by atoms with Gasteiger partial charge in [-0.05, 0) is 37.3 Å². The molecule has 1 aliphatic carbocycles. The zero-order valence-corrected chi connectivity index (χ0v) is 10.7.